The van der Waals surface area contributed by atoms with E-state index < -0.39 is 0 Å². The van der Waals surface area contributed by atoms with Crippen LogP contribution in [0.2, 0.25) is 0 Å². The lowest BCUT2D eigenvalue weighted by Gasteiger charge is -2.36. The van der Waals surface area contributed by atoms with Gasteiger partial charge in [0.1, 0.15) is 0 Å². The van der Waals surface area contributed by atoms with Crippen LogP contribution in [0.25, 0.3) is 0 Å². The number of carbonyl (C=O) groups excluding carboxylic acids is 1. The van der Waals surface area contributed by atoms with Crippen molar-refractivity contribution in [2.45, 2.75) is 33.6 Å². The highest BCUT2D eigenvalue weighted by molar-refractivity contribution is 5.82. The molecule has 0 aliphatic carbocycles. The van der Waals surface area contributed by atoms with E-state index in [1.807, 2.05) is 20.8 Å². The van der Waals surface area contributed by atoms with Gasteiger partial charge in [-0.2, -0.15) is 0 Å². The fraction of sp³-hybridized carbons (Fsp3) is 0.769. The zero-order valence-corrected chi connectivity index (χ0v) is 10.7. The number of carbonyl (C=O) groups is 1. The van der Waals surface area contributed by atoms with Crippen LogP contribution in [0.3, 0.4) is 0 Å². The maximum atomic E-state index is 12.1. The summed E-state index contributed by atoms with van der Waals surface area (Å²) in [5.74, 6) is 0.579. The molecule has 1 amide bonds. The SMILES string of the molecule is C=C(C)CNC(=O)C(C)(C)C1CCCNC1. The van der Waals surface area contributed by atoms with Crippen LogP contribution in [0.4, 0.5) is 0 Å². The van der Waals surface area contributed by atoms with Crippen molar-refractivity contribution in [1.29, 1.82) is 0 Å². The van der Waals surface area contributed by atoms with Crippen LogP contribution in [0.1, 0.15) is 33.6 Å². The monoisotopic (exact) mass is 224 g/mol. The average molecular weight is 224 g/mol. The predicted molar refractivity (Wildman–Crippen MR) is 67.2 cm³/mol. The highest BCUT2D eigenvalue weighted by atomic mass is 16.2. The van der Waals surface area contributed by atoms with Gasteiger partial charge in [-0.15, -0.1) is 0 Å². The van der Waals surface area contributed by atoms with Gasteiger partial charge < -0.3 is 10.6 Å². The molecule has 1 saturated heterocycles. The quantitative estimate of drug-likeness (QED) is 0.714. The van der Waals surface area contributed by atoms with Crippen LogP contribution in [0, 0.1) is 11.3 Å². The smallest absolute Gasteiger partial charge is 0.226 e. The summed E-state index contributed by atoms with van der Waals surface area (Å²) in [6.45, 7) is 12.4. The minimum Gasteiger partial charge on any atom is -0.352 e. The first-order valence-corrected chi connectivity index (χ1v) is 6.08. The Balaban J connectivity index is 2.53. The number of hydrogen-bond donors (Lipinski definition) is 2. The third-order valence-electron chi connectivity index (χ3n) is 3.45. The zero-order chi connectivity index (χ0) is 12.2. The molecule has 0 aromatic rings. The maximum Gasteiger partial charge on any atom is 0.226 e. The summed E-state index contributed by atoms with van der Waals surface area (Å²) < 4.78 is 0. The molecule has 3 heteroatoms. The molecule has 3 nitrogen and oxygen atoms in total. The largest absolute Gasteiger partial charge is 0.352 e. The van der Waals surface area contributed by atoms with E-state index in [2.05, 4.69) is 17.2 Å². The molecule has 0 aromatic heterocycles. The van der Waals surface area contributed by atoms with Crippen molar-refractivity contribution < 1.29 is 4.79 Å². The van der Waals surface area contributed by atoms with Gasteiger partial charge in [-0.3, -0.25) is 4.79 Å². The Hall–Kier alpha value is -0.830. The highest BCUT2D eigenvalue weighted by Gasteiger charge is 2.36. The van der Waals surface area contributed by atoms with E-state index in [1.165, 1.54) is 6.42 Å². The van der Waals surface area contributed by atoms with Gasteiger partial charge >= 0.3 is 0 Å². The van der Waals surface area contributed by atoms with Gasteiger partial charge in [0.2, 0.25) is 5.91 Å². The van der Waals surface area contributed by atoms with E-state index in [9.17, 15) is 4.79 Å². The Labute approximate surface area is 98.7 Å². The van der Waals surface area contributed by atoms with E-state index in [0.29, 0.717) is 12.5 Å². The van der Waals surface area contributed by atoms with Gasteiger partial charge in [-0.1, -0.05) is 26.0 Å². The second kappa shape index (κ2) is 5.48. The molecule has 2 N–H and O–H groups in total. The Bertz CT molecular complexity index is 265. The molecule has 1 rings (SSSR count). The molecule has 1 heterocycles. The molecular formula is C13H24N2O. The normalized spacial score (nSPS) is 21.6. The van der Waals surface area contributed by atoms with E-state index >= 15 is 0 Å². The number of hydrogen-bond acceptors (Lipinski definition) is 2. The van der Waals surface area contributed by atoms with Crippen LogP contribution < -0.4 is 10.6 Å². The summed E-state index contributed by atoms with van der Waals surface area (Å²) in [6.07, 6.45) is 2.31. The Morgan fingerprint density at radius 2 is 2.25 bits per heavy atom. The van der Waals surface area contributed by atoms with Gasteiger partial charge in [0.25, 0.3) is 0 Å². The third-order valence-corrected chi connectivity index (χ3v) is 3.45. The second-order valence-corrected chi connectivity index (χ2v) is 5.40. The molecule has 0 saturated carbocycles. The molecule has 1 fully saturated rings. The van der Waals surface area contributed by atoms with E-state index in [4.69, 9.17) is 0 Å². The highest BCUT2D eigenvalue weighted by Crippen LogP contribution is 2.31. The van der Waals surface area contributed by atoms with Crippen molar-refractivity contribution in [2.24, 2.45) is 11.3 Å². The molecule has 0 bridgehead atoms. The molecule has 0 spiro atoms. The van der Waals surface area contributed by atoms with Gasteiger partial charge in [0.05, 0.1) is 0 Å². The van der Waals surface area contributed by atoms with Crippen LogP contribution >= 0.6 is 0 Å². The van der Waals surface area contributed by atoms with E-state index in [-0.39, 0.29) is 11.3 Å². The summed E-state index contributed by atoms with van der Waals surface area (Å²) in [6, 6.07) is 0. The molecule has 92 valence electrons. The van der Waals surface area contributed by atoms with Crippen molar-refractivity contribution in [3.05, 3.63) is 12.2 Å². The lowest BCUT2D eigenvalue weighted by atomic mass is 9.74. The van der Waals surface area contributed by atoms with Crippen molar-refractivity contribution in [1.82, 2.24) is 10.6 Å². The second-order valence-electron chi connectivity index (χ2n) is 5.40. The van der Waals surface area contributed by atoms with Gasteiger partial charge in [-0.05, 0) is 38.8 Å². The van der Waals surface area contributed by atoms with Crippen molar-refractivity contribution in [3.63, 3.8) is 0 Å². The maximum absolute atomic E-state index is 12.1. The van der Waals surface area contributed by atoms with Gasteiger partial charge in [0.15, 0.2) is 0 Å². The molecule has 0 radical (unpaired) electrons. The van der Waals surface area contributed by atoms with Crippen LogP contribution in [0.15, 0.2) is 12.2 Å². The van der Waals surface area contributed by atoms with E-state index in [1.54, 1.807) is 0 Å². The van der Waals surface area contributed by atoms with Crippen LogP contribution in [-0.4, -0.2) is 25.5 Å². The summed E-state index contributed by atoms with van der Waals surface area (Å²) in [5.41, 5.74) is 0.703. The van der Waals surface area contributed by atoms with Crippen molar-refractivity contribution in [2.75, 3.05) is 19.6 Å². The number of piperidine rings is 1. The third kappa shape index (κ3) is 3.34. The minimum atomic E-state index is -0.289. The molecular weight excluding hydrogens is 200 g/mol. The lowest BCUT2D eigenvalue weighted by Crippen LogP contribution is -2.47. The standard InChI is InChI=1S/C13H24N2O/c1-10(2)8-15-12(16)13(3,4)11-6-5-7-14-9-11/h11,14H,1,5-9H2,2-4H3,(H,15,16). The summed E-state index contributed by atoms with van der Waals surface area (Å²) in [7, 11) is 0. The van der Waals surface area contributed by atoms with E-state index in [0.717, 1.165) is 25.1 Å². The molecule has 1 unspecified atom stereocenters. The average Bonchev–Trinajstić information content (AvgIpc) is 2.27. The molecule has 0 aromatic carbocycles. The summed E-state index contributed by atoms with van der Waals surface area (Å²) >= 11 is 0. The number of amides is 1. The summed E-state index contributed by atoms with van der Waals surface area (Å²) in [4.78, 5) is 12.1. The zero-order valence-electron chi connectivity index (χ0n) is 10.7. The topological polar surface area (TPSA) is 41.1 Å². The first-order chi connectivity index (χ1) is 7.44. The Morgan fingerprint density at radius 1 is 1.56 bits per heavy atom. The lowest BCUT2D eigenvalue weighted by molar-refractivity contribution is -0.132. The fourth-order valence-electron chi connectivity index (χ4n) is 2.11. The first-order valence-electron chi connectivity index (χ1n) is 6.08. The Morgan fingerprint density at radius 3 is 2.75 bits per heavy atom. The van der Waals surface area contributed by atoms with Gasteiger partial charge in [-0.25, -0.2) is 0 Å². The molecule has 1 atom stereocenters. The first kappa shape index (κ1) is 13.2. The minimum absolute atomic E-state index is 0.143. The molecule has 1 aliphatic heterocycles. The predicted octanol–water partition coefficient (Wildman–Crippen LogP) is 1.70. The van der Waals surface area contributed by atoms with Crippen LogP contribution in [0.5, 0.6) is 0 Å². The van der Waals surface area contributed by atoms with Gasteiger partial charge in [0, 0.05) is 12.0 Å². The molecule has 1 aliphatic rings. The fourth-order valence-corrected chi connectivity index (χ4v) is 2.11. The van der Waals surface area contributed by atoms with Crippen molar-refractivity contribution >= 4 is 5.91 Å². The van der Waals surface area contributed by atoms with Crippen molar-refractivity contribution in [3.8, 4) is 0 Å². The molecule has 16 heavy (non-hydrogen) atoms. The van der Waals surface area contributed by atoms with Crippen LogP contribution in [-0.2, 0) is 4.79 Å². The summed E-state index contributed by atoms with van der Waals surface area (Å²) in [5, 5.41) is 6.32. The number of nitrogens with one attached hydrogen (secondary N) is 2. The number of rotatable bonds is 4. The Kier molecular flexibility index (Phi) is 4.54.